The van der Waals surface area contributed by atoms with Crippen molar-refractivity contribution in [2.75, 3.05) is 5.32 Å². The van der Waals surface area contributed by atoms with Crippen molar-refractivity contribution in [1.29, 1.82) is 0 Å². The molecule has 2 aromatic carbocycles. The predicted octanol–water partition coefficient (Wildman–Crippen LogP) is 4.38. The fourth-order valence-electron chi connectivity index (χ4n) is 3.01. The first-order valence-corrected chi connectivity index (χ1v) is 8.99. The molecule has 3 heterocycles. The Kier molecular flexibility index (Phi) is 3.39. The van der Waals surface area contributed by atoms with E-state index in [9.17, 15) is 0 Å². The maximum absolute atomic E-state index is 4.45. The van der Waals surface area contributed by atoms with E-state index in [2.05, 4.69) is 37.4 Å². The van der Waals surface area contributed by atoms with Crippen molar-refractivity contribution in [3.8, 4) is 11.4 Å². The Labute approximate surface area is 153 Å². The van der Waals surface area contributed by atoms with E-state index in [-0.39, 0.29) is 0 Å². The number of nitrogens with zero attached hydrogens (tertiary/aromatic N) is 5. The molecule has 0 spiro atoms. The van der Waals surface area contributed by atoms with E-state index in [1.165, 1.54) is 4.70 Å². The van der Waals surface area contributed by atoms with E-state index in [0.29, 0.717) is 0 Å². The normalized spacial score (nSPS) is 11.3. The third kappa shape index (κ3) is 2.49. The van der Waals surface area contributed by atoms with E-state index in [1.54, 1.807) is 23.9 Å². The Balaban J connectivity index is 1.61. The molecular formula is C19H14N6S. The summed E-state index contributed by atoms with van der Waals surface area (Å²) in [4.78, 5) is 17.6. The number of benzene rings is 2. The fraction of sp³-hybridized carbons (Fsp3) is 0.0526. The quantitative estimate of drug-likeness (QED) is 0.518. The lowest BCUT2D eigenvalue weighted by Gasteiger charge is -2.10. The maximum atomic E-state index is 4.45. The monoisotopic (exact) mass is 358 g/mol. The first kappa shape index (κ1) is 15.0. The minimum absolute atomic E-state index is 0.764. The van der Waals surface area contributed by atoms with Crippen LogP contribution in [0.5, 0.6) is 0 Å². The molecule has 1 N–H and O–H groups in total. The maximum Gasteiger partial charge on any atom is 0.141 e. The molecule has 0 aliphatic rings. The van der Waals surface area contributed by atoms with Gasteiger partial charge in [0.25, 0.3) is 0 Å². The summed E-state index contributed by atoms with van der Waals surface area (Å²) in [6.07, 6.45) is 5.30. The van der Waals surface area contributed by atoms with E-state index >= 15 is 0 Å². The molecule has 0 aliphatic heterocycles. The van der Waals surface area contributed by atoms with Crippen molar-refractivity contribution in [3.05, 3.63) is 60.6 Å². The van der Waals surface area contributed by atoms with Crippen molar-refractivity contribution in [2.24, 2.45) is 7.05 Å². The van der Waals surface area contributed by atoms with Crippen molar-refractivity contribution in [2.45, 2.75) is 0 Å². The lowest BCUT2D eigenvalue weighted by molar-refractivity contribution is 0.925. The van der Waals surface area contributed by atoms with Crippen LogP contribution in [0, 0.1) is 0 Å². The standard InChI is InChI=1S/C19H14N6S/c1-25-7-6-20-19(25)12-2-4-15-14(8-12)18(22-10-21-15)24-13-3-5-17-16(9-13)23-11-26-17/h2-11H,1H3,(H,21,22,24). The van der Waals surface area contributed by atoms with Crippen molar-refractivity contribution < 1.29 is 0 Å². The van der Waals surface area contributed by atoms with Gasteiger partial charge in [-0.3, -0.25) is 0 Å². The highest BCUT2D eigenvalue weighted by Gasteiger charge is 2.09. The number of aryl methyl sites for hydroxylation is 1. The molecule has 0 aliphatic carbocycles. The van der Waals surface area contributed by atoms with Gasteiger partial charge in [-0.1, -0.05) is 0 Å². The number of rotatable bonds is 3. The topological polar surface area (TPSA) is 68.5 Å². The third-order valence-corrected chi connectivity index (χ3v) is 5.12. The van der Waals surface area contributed by atoms with Crippen LogP contribution in [0.25, 0.3) is 32.5 Å². The summed E-state index contributed by atoms with van der Waals surface area (Å²) in [6, 6.07) is 12.2. The van der Waals surface area contributed by atoms with Crippen LogP contribution in [-0.2, 0) is 7.05 Å². The number of imidazole rings is 1. The second-order valence-electron chi connectivity index (χ2n) is 5.98. The molecule has 0 bridgehead atoms. The smallest absolute Gasteiger partial charge is 0.141 e. The molecule has 5 rings (SSSR count). The zero-order chi connectivity index (χ0) is 17.5. The molecule has 0 atom stereocenters. The average molecular weight is 358 g/mol. The summed E-state index contributed by atoms with van der Waals surface area (Å²) in [6.45, 7) is 0. The molecule has 5 aromatic rings. The van der Waals surface area contributed by atoms with Crippen LogP contribution in [0.1, 0.15) is 0 Å². The first-order chi connectivity index (χ1) is 12.8. The summed E-state index contributed by atoms with van der Waals surface area (Å²) in [5.74, 6) is 1.67. The van der Waals surface area contributed by atoms with Gasteiger partial charge in [-0.15, -0.1) is 11.3 Å². The van der Waals surface area contributed by atoms with Crippen molar-refractivity contribution in [3.63, 3.8) is 0 Å². The summed E-state index contributed by atoms with van der Waals surface area (Å²) < 4.78 is 3.16. The summed E-state index contributed by atoms with van der Waals surface area (Å²) in [7, 11) is 1.98. The van der Waals surface area contributed by atoms with E-state index in [0.717, 1.165) is 39.3 Å². The van der Waals surface area contributed by atoms with E-state index in [4.69, 9.17) is 0 Å². The predicted molar refractivity (Wildman–Crippen MR) is 105 cm³/mol. The Hall–Kier alpha value is -3.32. The highest BCUT2D eigenvalue weighted by molar-refractivity contribution is 7.16. The molecule has 6 nitrogen and oxygen atoms in total. The van der Waals surface area contributed by atoms with Crippen LogP contribution in [-0.4, -0.2) is 24.5 Å². The van der Waals surface area contributed by atoms with Gasteiger partial charge in [0.2, 0.25) is 0 Å². The summed E-state index contributed by atoms with van der Waals surface area (Å²) in [5, 5.41) is 4.35. The number of aromatic nitrogens is 5. The van der Waals surface area contributed by atoms with Gasteiger partial charge in [0.15, 0.2) is 0 Å². The van der Waals surface area contributed by atoms with Crippen LogP contribution in [0.15, 0.2) is 60.6 Å². The van der Waals surface area contributed by atoms with Crippen molar-refractivity contribution >= 4 is 44.0 Å². The Bertz CT molecular complexity index is 1240. The van der Waals surface area contributed by atoms with Gasteiger partial charge >= 0.3 is 0 Å². The Morgan fingerprint density at radius 1 is 0.962 bits per heavy atom. The molecule has 3 aromatic heterocycles. The number of hydrogen-bond acceptors (Lipinski definition) is 6. The van der Waals surface area contributed by atoms with Gasteiger partial charge in [0, 0.05) is 36.1 Å². The van der Waals surface area contributed by atoms with E-state index in [1.807, 2.05) is 47.6 Å². The third-order valence-electron chi connectivity index (χ3n) is 4.31. The summed E-state index contributed by atoms with van der Waals surface area (Å²) >= 11 is 1.63. The first-order valence-electron chi connectivity index (χ1n) is 8.11. The van der Waals surface area contributed by atoms with Gasteiger partial charge in [0.1, 0.15) is 18.0 Å². The molecule has 0 radical (unpaired) electrons. The largest absolute Gasteiger partial charge is 0.340 e. The second-order valence-corrected chi connectivity index (χ2v) is 6.86. The number of thiazole rings is 1. The van der Waals surface area contributed by atoms with Gasteiger partial charge in [0.05, 0.1) is 21.2 Å². The molecule has 126 valence electrons. The van der Waals surface area contributed by atoms with Crippen LogP contribution < -0.4 is 5.32 Å². The molecule has 0 amide bonds. The minimum atomic E-state index is 0.764. The number of fused-ring (bicyclic) bond motifs is 2. The zero-order valence-electron chi connectivity index (χ0n) is 13.9. The van der Waals surface area contributed by atoms with E-state index < -0.39 is 0 Å². The molecule has 7 heteroatoms. The molecular weight excluding hydrogens is 344 g/mol. The van der Waals surface area contributed by atoms with Gasteiger partial charge < -0.3 is 9.88 Å². The molecule has 26 heavy (non-hydrogen) atoms. The van der Waals surface area contributed by atoms with Crippen LogP contribution in [0.3, 0.4) is 0 Å². The average Bonchev–Trinajstić information content (AvgIpc) is 3.30. The van der Waals surface area contributed by atoms with Crippen LogP contribution in [0.4, 0.5) is 11.5 Å². The highest BCUT2D eigenvalue weighted by Crippen LogP contribution is 2.29. The minimum Gasteiger partial charge on any atom is -0.340 e. The van der Waals surface area contributed by atoms with Gasteiger partial charge in [-0.05, 0) is 36.4 Å². The fourth-order valence-corrected chi connectivity index (χ4v) is 3.67. The lowest BCUT2D eigenvalue weighted by Crippen LogP contribution is -1.97. The lowest BCUT2D eigenvalue weighted by atomic mass is 10.1. The second kappa shape index (κ2) is 5.89. The van der Waals surface area contributed by atoms with Crippen LogP contribution >= 0.6 is 11.3 Å². The molecule has 0 saturated carbocycles. The summed E-state index contributed by atoms with van der Waals surface area (Å²) in [5.41, 5.74) is 5.69. The van der Waals surface area contributed by atoms with Crippen LogP contribution in [0.2, 0.25) is 0 Å². The van der Waals surface area contributed by atoms with Gasteiger partial charge in [-0.25, -0.2) is 19.9 Å². The SMILES string of the molecule is Cn1ccnc1-c1ccc2ncnc(Nc3ccc4scnc4c3)c2c1. The molecule has 0 saturated heterocycles. The Morgan fingerprint density at radius 3 is 2.81 bits per heavy atom. The Morgan fingerprint density at radius 2 is 1.92 bits per heavy atom. The number of hydrogen-bond donors (Lipinski definition) is 1. The van der Waals surface area contributed by atoms with Gasteiger partial charge in [-0.2, -0.15) is 0 Å². The molecule has 0 unspecified atom stereocenters. The van der Waals surface area contributed by atoms with Crippen molar-refractivity contribution in [1.82, 2.24) is 24.5 Å². The molecule has 0 fully saturated rings. The highest BCUT2D eigenvalue weighted by atomic mass is 32.1. The number of anilines is 2. The number of nitrogens with one attached hydrogen (secondary N) is 1. The zero-order valence-corrected chi connectivity index (χ0v) is 14.7.